The Labute approximate surface area is 156 Å². The molecule has 2 aliphatic heterocycles. The molecular weight excluding hydrogens is 326 g/mol. The maximum Gasteiger partial charge on any atom is 0.251 e. The molecule has 0 aromatic heterocycles. The van der Waals surface area contributed by atoms with Gasteiger partial charge in [-0.05, 0) is 62.4 Å². The molecule has 3 rings (SSSR count). The lowest BCUT2D eigenvalue weighted by Crippen LogP contribution is -2.40. The highest BCUT2D eigenvalue weighted by molar-refractivity contribution is 5.99. The van der Waals surface area contributed by atoms with E-state index in [2.05, 4.69) is 24.1 Å². The molecule has 0 atom stereocenters. The minimum Gasteiger partial charge on any atom is -0.352 e. The molecule has 5 nitrogen and oxygen atoms in total. The van der Waals surface area contributed by atoms with Gasteiger partial charge in [0.1, 0.15) is 0 Å². The minimum atomic E-state index is -0.0388. The van der Waals surface area contributed by atoms with E-state index in [1.54, 1.807) is 4.90 Å². The summed E-state index contributed by atoms with van der Waals surface area (Å²) < 4.78 is 0. The summed E-state index contributed by atoms with van der Waals surface area (Å²) in [6.07, 6.45) is 3.79. The first-order valence-electron chi connectivity index (χ1n) is 9.94. The molecule has 2 fully saturated rings. The molecule has 0 radical (unpaired) electrons. The van der Waals surface area contributed by atoms with Gasteiger partial charge in [-0.1, -0.05) is 19.9 Å². The molecule has 2 heterocycles. The summed E-state index contributed by atoms with van der Waals surface area (Å²) in [5.74, 6) is 1.38. The molecule has 1 aromatic carbocycles. The van der Waals surface area contributed by atoms with E-state index in [4.69, 9.17) is 0 Å². The van der Waals surface area contributed by atoms with E-state index in [0.29, 0.717) is 23.8 Å². The number of nitrogens with zero attached hydrogens (tertiary/aromatic N) is 2. The zero-order valence-electron chi connectivity index (χ0n) is 16.0. The van der Waals surface area contributed by atoms with Crippen LogP contribution in [0.25, 0.3) is 0 Å². The number of carbonyl (C=O) groups excluding carboxylic acids is 2. The Balaban J connectivity index is 1.49. The number of likely N-dealkylation sites (tertiary alicyclic amines) is 1. The number of anilines is 1. The Bertz CT molecular complexity index is 636. The predicted octanol–water partition coefficient (Wildman–Crippen LogP) is 2.91. The Morgan fingerprint density at radius 2 is 2.00 bits per heavy atom. The van der Waals surface area contributed by atoms with Crippen molar-refractivity contribution in [2.75, 3.05) is 37.6 Å². The molecule has 0 bridgehead atoms. The second-order valence-electron chi connectivity index (χ2n) is 8.05. The van der Waals surface area contributed by atoms with Crippen molar-refractivity contribution >= 4 is 17.5 Å². The first-order chi connectivity index (χ1) is 12.5. The van der Waals surface area contributed by atoms with Gasteiger partial charge in [-0.2, -0.15) is 0 Å². The van der Waals surface area contributed by atoms with Crippen LogP contribution in [0.4, 0.5) is 5.69 Å². The van der Waals surface area contributed by atoms with Crippen LogP contribution in [0.15, 0.2) is 24.3 Å². The monoisotopic (exact) mass is 357 g/mol. The van der Waals surface area contributed by atoms with E-state index < -0.39 is 0 Å². The zero-order chi connectivity index (χ0) is 18.5. The van der Waals surface area contributed by atoms with Crippen LogP contribution in [-0.4, -0.2) is 49.4 Å². The maximum atomic E-state index is 12.5. The Morgan fingerprint density at radius 3 is 2.65 bits per heavy atom. The molecule has 1 aromatic rings. The number of carbonyl (C=O) groups is 2. The van der Waals surface area contributed by atoms with Gasteiger partial charge in [0.2, 0.25) is 5.91 Å². The summed E-state index contributed by atoms with van der Waals surface area (Å²) in [5, 5.41) is 3.09. The predicted molar refractivity (Wildman–Crippen MR) is 104 cm³/mol. The average Bonchev–Trinajstić information content (AvgIpc) is 3.06. The van der Waals surface area contributed by atoms with Crippen LogP contribution in [0.5, 0.6) is 0 Å². The van der Waals surface area contributed by atoms with Crippen molar-refractivity contribution in [1.82, 2.24) is 10.2 Å². The van der Waals surface area contributed by atoms with Crippen LogP contribution >= 0.6 is 0 Å². The molecule has 0 unspecified atom stereocenters. The number of hydrogen-bond donors (Lipinski definition) is 1. The van der Waals surface area contributed by atoms with Crippen molar-refractivity contribution in [3.63, 3.8) is 0 Å². The number of piperidine rings is 1. The standard InChI is InChI=1S/C21H31N3O2/c1-16(2)15-23-11-8-17(9-12-23)14-22-21(26)18-5-3-6-19(13-18)24-10-4-7-20(24)25/h3,5-6,13,16-17H,4,7-12,14-15H2,1-2H3,(H,22,26). The first kappa shape index (κ1) is 18.9. The number of amides is 2. The van der Waals surface area contributed by atoms with Crippen molar-refractivity contribution in [3.05, 3.63) is 29.8 Å². The summed E-state index contributed by atoms with van der Waals surface area (Å²) in [6, 6.07) is 7.43. The summed E-state index contributed by atoms with van der Waals surface area (Å²) in [5.41, 5.74) is 1.47. The highest BCUT2D eigenvalue weighted by atomic mass is 16.2. The number of benzene rings is 1. The van der Waals surface area contributed by atoms with Gasteiger partial charge < -0.3 is 15.1 Å². The van der Waals surface area contributed by atoms with Gasteiger partial charge in [-0.3, -0.25) is 9.59 Å². The van der Waals surface area contributed by atoms with Gasteiger partial charge in [0.15, 0.2) is 0 Å². The molecular formula is C21H31N3O2. The highest BCUT2D eigenvalue weighted by Crippen LogP contribution is 2.22. The first-order valence-corrected chi connectivity index (χ1v) is 9.94. The van der Waals surface area contributed by atoms with Gasteiger partial charge in [0.05, 0.1) is 0 Å². The molecule has 2 aliphatic rings. The fraction of sp³-hybridized carbons (Fsp3) is 0.619. The molecule has 0 aliphatic carbocycles. The van der Waals surface area contributed by atoms with Crippen LogP contribution in [0.1, 0.15) is 49.9 Å². The highest BCUT2D eigenvalue weighted by Gasteiger charge is 2.23. The van der Waals surface area contributed by atoms with Crippen LogP contribution in [0, 0.1) is 11.8 Å². The topological polar surface area (TPSA) is 52.7 Å². The van der Waals surface area contributed by atoms with Gasteiger partial charge >= 0.3 is 0 Å². The molecule has 0 spiro atoms. The fourth-order valence-corrected chi connectivity index (χ4v) is 3.96. The molecule has 26 heavy (non-hydrogen) atoms. The van der Waals surface area contributed by atoms with E-state index in [0.717, 1.165) is 51.1 Å². The summed E-state index contributed by atoms with van der Waals surface area (Å²) in [4.78, 5) is 28.7. The summed E-state index contributed by atoms with van der Waals surface area (Å²) >= 11 is 0. The number of nitrogens with one attached hydrogen (secondary N) is 1. The fourth-order valence-electron chi connectivity index (χ4n) is 3.96. The van der Waals surface area contributed by atoms with Crippen molar-refractivity contribution in [1.29, 1.82) is 0 Å². The minimum absolute atomic E-state index is 0.0388. The van der Waals surface area contributed by atoms with Gasteiger partial charge in [-0.15, -0.1) is 0 Å². The molecule has 2 amide bonds. The SMILES string of the molecule is CC(C)CN1CCC(CNC(=O)c2cccc(N3CCCC3=O)c2)CC1. The summed E-state index contributed by atoms with van der Waals surface area (Å²) in [6.45, 7) is 9.43. The quantitative estimate of drug-likeness (QED) is 0.852. The lowest BCUT2D eigenvalue weighted by molar-refractivity contribution is -0.117. The molecule has 142 valence electrons. The smallest absolute Gasteiger partial charge is 0.251 e. The second kappa shape index (κ2) is 8.67. The van der Waals surface area contributed by atoms with Crippen molar-refractivity contribution < 1.29 is 9.59 Å². The molecule has 1 N–H and O–H groups in total. The average molecular weight is 357 g/mol. The number of hydrogen-bond acceptors (Lipinski definition) is 3. The second-order valence-corrected chi connectivity index (χ2v) is 8.05. The van der Waals surface area contributed by atoms with E-state index in [-0.39, 0.29) is 11.8 Å². The van der Waals surface area contributed by atoms with E-state index in [1.165, 1.54) is 6.54 Å². The van der Waals surface area contributed by atoms with E-state index >= 15 is 0 Å². The summed E-state index contributed by atoms with van der Waals surface area (Å²) in [7, 11) is 0. The van der Waals surface area contributed by atoms with Gasteiger partial charge in [-0.25, -0.2) is 0 Å². The van der Waals surface area contributed by atoms with E-state index in [1.807, 2.05) is 24.3 Å². The largest absolute Gasteiger partial charge is 0.352 e. The molecule has 5 heteroatoms. The third-order valence-corrected chi connectivity index (χ3v) is 5.38. The third kappa shape index (κ3) is 4.85. The lowest BCUT2D eigenvalue weighted by atomic mass is 9.96. The number of rotatable bonds is 6. The maximum absolute atomic E-state index is 12.5. The molecule has 2 saturated heterocycles. The van der Waals surface area contributed by atoms with Crippen LogP contribution in [0.2, 0.25) is 0 Å². The molecule has 0 saturated carbocycles. The zero-order valence-corrected chi connectivity index (χ0v) is 16.0. The Kier molecular flexibility index (Phi) is 6.30. The van der Waals surface area contributed by atoms with Crippen LogP contribution < -0.4 is 10.2 Å². The van der Waals surface area contributed by atoms with E-state index in [9.17, 15) is 9.59 Å². The Morgan fingerprint density at radius 1 is 1.23 bits per heavy atom. The van der Waals surface area contributed by atoms with Crippen LogP contribution in [-0.2, 0) is 4.79 Å². The Hall–Kier alpha value is -1.88. The third-order valence-electron chi connectivity index (χ3n) is 5.38. The lowest BCUT2D eigenvalue weighted by Gasteiger charge is -2.33. The van der Waals surface area contributed by atoms with Gasteiger partial charge in [0, 0.05) is 37.3 Å². The van der Waals surface area contributed by atoms with Gasteiger partial charge in [0.25, 0.3) is 5.91 Å². The normalized spacial score (nSPS) is 19.3. The van der Waals surface area contributed by atoms with Crippen molar-refractivity contribution in [2.45, 2.75) is 39.5 Å². The van der Waals surface area contributed by atoms with Crippen molar-refractivity contribution in [2.24, 2.45) is 11.8 Å². The van der Waals surface area contributed by atoms with Crippen LogP contribution in [0.3, 0.4) is 0 Å². The van der Waals surface area contributed by atoms with Crippen molar-refractivity contribution in [3.8, 4) is 0 Å².